The number of nitrogens with one attached hydrogen (secondary N) is 1. The van der Waals surface area contributed by atoms with E-state index in [1.54, 1.807) is 16.8 Å². The largest absolute Gasteiger partial charge is 0.486 e. The summed E-state index contributed by atoms with van der Waals surface area (Å²) in [6.45, 7) is 4.95. The van der Waals surface area contributed by atoms with E-state index in [-0.39, 0.29) is 11.7 Å². The number of carbonyl (C=O) groups excluding carboxylic acids is 1. The van der Waals surface area contributed by atoms with Crippen LogP contribution < -0.4 is 14.8 Å². The Kier molecular flexibility index (Phi) is 4.68. The third-order valence-electron chi connectivity index (χ3n) is 5.91. The van der Waals surface area contributed by atoms with Crippen molar-refractivity contribution in [3.8, 4) is 17.2 Å². The monoisotopic (exact) mass is 421 g/mol. The average molecular weight is 421 g/mol. The highest BCUT2D eigenvalue weighted by molar-refractivity contribution is 5.95. The number of hydrogen-bond donors (Lipinski definition) is 1. The van der Waals surface area contributed by atoms with Gasteiger partial charge in [-0.3, -0.25) is 4.79 Å². The van der Waals surface area contributed by atoms with E-state index in [1.807, 2.05) is 32.0 Å². The minimum absolute atomic E-state index is 0.223. The van der Waals surface area contributed by atoms with E-state index in [9.17, 15) is 9.18 Å². The summed E-state index contributed by atoms with van der Waals surface area (Å²) in [7, 11) is 0. The highest BCUT2D eigenvalue weighted by Gasteiger charge is 2.31. The molecular formula is C24H24FN3O3. The molecule has 2 aromatic carbocycles. The van der Waals surface area contributed by atoms with Crippen molar-refractivity contribution in [1.29, 1.82) is 0 Å². The van der Waals surface area contributed by atoms with Crippen molar-refractivity contribution in [3.05, 3.63) is 70.8 Å². The Hall–Kier alpha value is -3.35. The van der Waals surface area contributed by atoms with Gasteiger partial charge in [0, 0.05) is 11.3 Å². The Bertz CT molecular complexity index is 1150. The molecule has 160 valence electrons. The van der Waals surface area contributed by atoms with E-state index in [0.717, 1.165) is 41.8 Å². The zero-order valence-electron chi connectivity index (χ0n) is 17.6. The minimum Gasteiger partial charge on any atom is -0.486 e. The Morgan fingerprint density at radius 1 is 1.06 bits per heavy atom. The van der Waals surface area contributed by atoms with Crippen molar-refractivity contribution >= 4 is 5.91 Å². The van der Waals surface area contributed by atoms with Crippen molar-refractivity contribution in [3.63, 3.8) is 0 Å². The number of halogens is 1. The van der Waals surface area contributed by atoms with Gasteiger partial charge < -0.3 is 14.8 Å². The molecule has 0 spiro atoms. The lowest BCUT2D eigenvalue weighted by atomic mass is 9.93. The fourth-order valence-corrected chi connectivity index (χ4v) is 4.26. The Labute approximate surface area is 180 Å². The van der Waals surface area contributed by atoms with Crippen LogP contribution in [0.1, 0.15) is 47.6 Å². The molecule has 0 saturated carbocycles. The lowest BCUT2D eigenvalue weighted by Gasteiger charge is -2.28. The molecule has 2 aliphatic rings. The number of hydrogen-bond acceptors (Lipinski definition) is 4. The van der Waals surface area contributed by atoms with Gasteiger partial charge in [-0.15, -0.1) is 0 Å². The summed E-state index contributed by atoms with van der Waals surface area (Å²) in [5, 5.41) is 7.75. The smallest absolute Gasteiger partial charge is 0.272 e. The first-order valence-corrected chi connectivity index (χ1v) is 10.5. The SMILES string of the molecule is CC(C)(NC(=O)c1nn(-c2ccc(F)cc2)c2c1CCC2)c1ccc2c(c1)OCCO2. The molecular weight excluding hydrogens is 397 g/mol. The van der Waals surface area contributed by atoms with Gasteiger partial charge in [0.15, 0.2) is 17.2 Å². The van der Waals surface area contributed by atoms with Crippen LogP contribution in [0.15, 0.2) is 42.5 Å². The van der Waals surface area contributed by atoms with Crippen molar-refractivity contribution in [1.82, 2.24) is 15.1 Å². The van der Waals surface area contributed by atoms with Crippen LogP contribution in [0.4, 0.5) is 4.39 Å². The van der Waals surface area contributed by atoms with Gasteiger partial charge in [0.25, 0.3) is 5.91 Å². The van der Waals surface area contributed by atoms with Gasteiger partial charge in [0.05, 0.1) is 11.2 Å². The molecule has 3 aromatic rings. The van der Waals surface area contributed by atoms with E-state index >= 15 is 0 Å². The number of ether oxygens (including phenoxy) is 2. The summed E-state index contributed by atoms with van der Waals surface area (Å²) >= 11 is 0. The molecule has 0 fully saturated rings. The third kappa shape index (κ3) is 3.54. The number of aromatic nitrogens is 2. The molecule has 1 N–H and O–H groups in total. The maximum atomic E-state index is 13.4. The van der Waals surface area contributed by atoms with Gasteiger partial charge >= 0.3 is 0 Å². The number of benzene rings is 2. The van der Waals surface area contributed by atoms with Gasteiger partial charge in [-0.05, 0) is 75.1 Å². The molecule has 0 unspecified atom stereocenters. The predicted molar refractivity (Wildman–Crippen MR) is 113 cm³/mol. The van der Waals surface area contributed by atoms with Crippen LogP contribution in [0.5, 0.6) is 11.5 Å². The number of fused-ring (bicyclic) bond motifs is 2. The lowest BCUT2D eigenvalue weighted by Crippen LogP contribution is -2.41. The van der Waals surface area contributed by atoms with Gasteiger partial charge in [0.2, 0.25) is 0 Å². The van der Waals surface area contributed by atoms with E-state index in [4.69, 9.17) is 9.47 Å². The first kappa shape index (κ1) is 19.6. The molecule has 6 nitrogen and oxygen atoms in total. The molecule has 0 radical (unpaired) electrons. The second-order valence-corrected chi connectivity index (χ2v) is 8.45. The molecule has 0 saturated heterocycles. The fourth-order valence-electron chi connectivity index (χ4n) is 4.26. The molecule has 1 aliphatic carbocycles. The van der Waals surface area contributed by atoms with E-state index in [1.165, 1.54) is 12.1 Å². The van der Waals surface area contributed by atoms with Crippen molar-refractivity contribution < 1.29 is 18.7 Å². The zero-order valence-corrected chi connectivity index (χ0v) is 17.6. The molecule has 0 atom stereocenters. The summed E-state index contributed by atoms with van der Waals surface area (Å²) in [6, 6.07) is 11.9. The summed E-state index contributed by atoms with van der Waals surface area (Å²) < 4.78 is 26.4. The van der Waals surface area contributed by atoms with Crippen molar-refractivity contribution in [2.45, 2.75) is 38.6 Å². The van der Waals surface area contributed by atoms with Crippen LogP contribution in [0, 0.1) is 5.82 Å². The topological polar surface area (TPSA) is 65.4 Å². The Morgan fingerprint density at radius 3 is 2.58 bits per heavy atom. The van der Waals surface area contributed by atoms with Crippen LogP contribution in [0.3, 0.4) is 0 Å². The molecule has 1 amide bonds. The Balaban J connectivity index is 1.44. The lowest BCUT2D eigenvalue weighted by molar-refractivity contribution is 0.0905. The maximum Gasteiger partial charge on any atom is 0.272 e. The van der Waals surface area contributed by atoms with Crippen LogP contribution in [-0.4, -0.2) is 28.9 Å². The summed E-state index contributed by atoms with van der Waals surface area (Å²) in [5.41, 5.74) is 3.46. The Morgan fingerprint density at radius 2 is 1.81 bits per heavy atom. The molecule has 0 bridgehead atoms. The van der Waals surface area contributed by atoms with E-state index in [2.05, 4.69) is 10.4 Å². The van der Waals surface area contributed by atoms with Gasteiger partial charge in [-0.25, -0.2) is 9.07 Å². The zero-order chi connectivity index (χ0) is 21.6. The molecule has 1 aliphatic heterocycles. The number of nitrogens with zero attached hydrogens (tertiary/aromatic N) is 2. The fraction of sp³-hybridized carbons (Fsp3) is 0.333. The maximum absolute atomic E-state index is 13.4. The average Bonchev–Trinajstić information content (AvgIpc) is 3.36. The van der Waals surface area contributed by atoms with Gasteiger partial charge in [0.1, 0.15) is 19.0 Å². The first-order chi connectivity index (χ1) is 14.9. The van der Waals surface area contributed by atoms with E-state index in [0.29, 0.717) is 30.4 Å². The van der Waals surface area contributed by atoms with Crippen LogP contribution >= 0.6 is 0 Å². The first-order valence-electron chi connectivity index (χ1n) is 10.5. The minimum atomic E-state index is -0.641. The molecule has 1 aromatic heterocycles. The molecule has 31 heavy (non-hydrogen) atoms. The highest BCUT2D eigenvalue weighted by Crippen LogP contribution is 2.35. The molecule has 7 heteroatoms. The summed E-state index contributed by atoms with van der Waals surface area (Å²) in [6.07, 6.45) is 2.63. The number of amides is 1. The third-order valence-corrected chi connectivity index (χ3v) is 5.91. The predicted octanol–water partition coefficient (Wildman–Crippen LogP) is 3.94. The van der Waals surface area contributed by atoms with Gasteiger partial charge in [-0.2, -0.15) is 5.10 Å². The van der Waals surface area contributed by atoms with Crippen LogP contribution in [0.2, 0.25) is 0 Å². The quantitative estimate of drug-likeness (QED) is 0.693. The molecule has 5 rings (SSSR count). The van der Waals surface area contributed by atoms with Crippen LogP contribution in [-0.2, 0) is 18.4 Å². The van der Waals surface area contributed by atoms with E-state index < -0.39 is 5.54 Å². The number of carbonyl (C=O) groups is 1. The standard InChI is InChI=1S/C24H24FN3O3/c1-24(2,15-6-11-20-21(14-15)31-13-12-30-20)26-23(29)22-18-4-3-5-19(18)28(27-22)17-9-7-16(25)8-10-17/h6-11,14H,3-5,12-13H2,1-2H3,(H,26,29). The van der Waals surface area contributed by atoms with Gasteiger partial charge in [-0.1, -0.05) is 6.07 Å². The molecule has 2 heterocycles. The second-order valence-electron chi connectivity index (χ2n) is 8.45. The highest BCUT2D eigenvalue weighted by atomic mass is 19.1. The summed E-state index contributed by atoms with van der Waals surface area (Å²) in [5.74, 6) is 0.881. The van der Waals surface area contributed by atoms with Crippen molar-refractivity contribution in [2.24, 2.45) is 0 Å². The van der Waals surface area contributed by atoms with Crippen LogP contribution in [0.25, 0.3) is 5.69 Å². The van der Waals surface area contributed by atoms with Crippen molar-refractivity contribution in [2.75, 3.05) is 13.2 Å². The normalized spacial score (nSPS) is 14.9. The summed E-state index contributed by atoms with van der Waals surface area (Å²) in [4.78, 5) is 13.3. The second kappa shape index (κ2) is 7.41. The number of rotatable bonds is 4.